The summed E-state index contributed by atoms with van der Waals surface area (Å²) in [5.41, 5.74) is 2.74. The Morgan fingerprint density at radius 1 is 0.964 bits per heavy atom. The number of nitrogens with zero attached hydrogens (tertiary/aromatic N) is 4. The Kier molecular flexibility index (Phi) is 5.05. The fourth-order valence-electron chi connectivity index (χ4n) is 2.91. The van der Waals surface area contributed by atoms with E-state index in [4.69, 9.17) is 4.74 Å². The van der Waals surface area contributed by atoms with E-state index in [9.17, 15) is 4.39 Å². The number of aromatic nitrogens is 4. The number of pyridine rings is 1. The maximum atomic E-state index is 13.0. The van der Waals surface area contributed by atoms with E-state index in [1.807, 2.05) is 30.3 Å². The van der Waals surface area contributed by atoms with Gasteiger partial charge in [-0.3, -0.25) is 4.98 Å². The van der Waals surface area contributed by atoms with Crippen LogP contribution in [-0.4, -0.2) is 33.6 Å². The maximum Gasteiger partial charge on any atom is 0.321 e. The molecule has 4 aromatic rings. The Bertz CT molecular complexity index is 1100. The van der Waals surface area contributed by atoms with Crippen molar-refractivity contribution >= 4 is 16.9 Å². The van der Waals surface area contributed by atoms with Crippen molar-refractivity contribution in [2.45, 2.75) is 6.42 Å². The van der Waals surface area contributed by atoms with Crippen molar-refractivity contribution < 1.29 is 9.13 Å². The number of nitrogens with one attached hydrogen (secondary N) is 1. The summed E-state index contributed by atoms with van der Waals surface area (Å²) >= 11 is 0. The molecule has 2 aromatic carbocycles. The summed E-state index contributed by atoms with van der Waals surface area (Å²) in [4.78, 5) is 17.6. The second-order valence-electron chi connectivity index (χ2n) is 6.15. The van der Waals surface area contributed by atoms with Gasteiger partial charge in [-0.15, -0.1) is 0 Å². The third-order valence-corrected chi connectivity index (χ3v) is 4.30. The molecule has 0 spiro atoms. The van der Waals surface area contributed by atoms with Crippen molar-refractivity contribution in [3.05, 3.63) is 72.2 Å². The van der Waals surface area contributed by atoms with Crippen LogP contribution in [0.25, 0.3) is 22.3 Å². The molecule has 28 heavy (non-hydrogen) atoms. The second kappa shape index (κ2) is 7.96. The minimum absolute atomic E-state index is 0.232. The van der Waals surface area contributed by atoms with Crippen LogP contribution in [0.2, 0.25) is 0 Å². The summed E-state index contributed by atoms with van der Waals surface area (Å²) in [5.74, 6) is 0.688. The predicted octanol–water partition coefficient (Wildman–Crippen LogP) is 3.89. The molecular formula is C21H18FN5O. The Morgan fingerprint density at radius 3 is 2.61 bits per heavy atom. The van der Waals surface area contributed by atoms with Crippen LogP contribution in [0, 0.1) is 5.82 Å². The highest BCUT2D eigenvalue weighted by Crippen LogP contribution is 2.26. The Labute approximate surface area is 161 Å². The van der Waals surface area contributed by atoms with E-state index < -0.39 is 0 Å². The average Bonchev–Trinajstić information content (AvgIpc) is 2.74. The summed E-state index contributed by atoms with van der Waals surface area (Å²) in [6.45, 7) is 0.593. The minimum Gasteiger partial charge on any atom is -0.467 e. The van der Waals surface area contributed by atoms with Crippen LogP contribution in [-0.2, 0) is 6.42 Å². The first-order chi connectivity index (χ1) is 13.7. The molecule has 0 unspecified atom stereocenters. The van der Waals surface area contributed by atoms with Gasteiger partial charge in [-0.05, 0) is 36.2 Å². The molecule has 140 valence electrons. The van der Waals surface area contributed by atoms with Gasteiger partial charge in [-0.2, -0.15) is 15.0 Å². The smallest absolute Gasteiger partial charge is 0.321 e. The van der Waals surface area contributed by atoms with Gasteiger partial charge in [0.2, 0.25) is 5.95 Å². The molecule has 0 aliphatic heterocycles. The fraction of sp³-hybridized carbons (Fsp3) is 0.143. The summed E-state index contributed by atoms with van der Waals surface area (Å²) in [5, 5.41) is 4.14. The van der Waals surface area contributed by atoms with Crippen molar-refractivity contribution in [3.8, 4) is 17.4 Å². The molecule has 0 amide bonds. The molecule has 0 aliphatic rings. The molecule has 0 saturated carbocycles. The lowest BCUT2D eigenvalue weighted by Gasteiger charge is -2.10. The molecule has 0 atom stereocenters. The molecule has 0 saturated heterocycles. The summed E-state index contributed by atoms with van der Waals surface area (Å²) in [6.07, 6.45) is 2.44. The maximum absolute atomic E-state index is 13.0. The number of rotatable bonds is 6. The molecule has 1 N–H and O–H groups in total. The number of fused-ring (bicyclic) bond motifs is 1. The van der Waals surface area contributed by atoms with Gasteiger partial charge in [0.25, 0.3) is 0 Å². The zero-order valence-corrected chi connectivity index (χ0v) is 15.3. The van der Waals surface area contributed by atoms with Crippen molar-refractivity contribution in [2.75, 3.05) is 19.0 Å². The molecule has 6 nitrogen and oxygen atoms in total. The number of para-hydroxylation sites is 1. The van der Waals surface area contributed by atoms with E-state index in [1.165, 1.54) is 19.2 Å². The number of ether oxygens (including phenoxy) is 1. The lowest BCUT2D eigenvalue weighted by Crippen LogP contribution is -2.10. The van der Waals surface area contributed by atoms with Crippen LogP contribution in [0.1, 0.15) is 5.56 Å². The lowest BCUT2D eigenvalue weighted by molar-refractivity contribution is 0.379. The van der Waals surface area contributed by atoms with Gasteiger partial charge in [0.1, 0.15) is 5.82 Å². The van der Waals surface area contributed by atoms with Gasteiger partial charge in [0.05, 0.1) is 12.6 Å². The lowest BCUT2D eigenvalue weighted by atomic mass is 10.1. The van der Waals surface area contributed by atoms with E-state index in [1.54, 1.807) is 18.3 Å². The Balaban J connectivity index is 1.60. The summed E-state index contributed by atoms with van der Waals surface area (Å²) < 4.78 is 18.3. The number of benzene rings is 2. The van der Waals surface area contributed by atoms with Gasteiger partial charge in [0.15, 0.2) is 5.82 Å². The molecule has 0 fully saturated rings. The van der Waals surface area contributed by atoms with Crippen molar-refractivity contribution in [2.24, 2.45) is 0 Å². The molecule has 2 aromatic heterocycles. The topological polar surface area (TPSA) is 72.8 Å². The van der Waals surface area contributed by atoms with Crippen LogP contribution in [0.4, 0.5) is 10.3 Å². The first kappa shape index (κ1) is 17.8. The molecular weight excluding hydrogens is 357 g/mol. The molecule has 0 aliphatic carbocycles. The van der Waals surface area contributed by atoms with Gasteiger partial charge in [0, 0.05) is 23.7 Å². The third-order valence-electron chi connectivity index (χ3n) is 4.30. The van der Waals surface area contributed by atoms with Crippen LogP contribution >= 0.6 is 0 Å². The van der Waals surface area contributed by atoms with Crippen molar-refractivity contribution in [1.29, 1.82) is 0 Å². The highest BCUT2D eigenvalue weighted by atomic mass is 19.1. The zero-order valence-electron chi connectivity index (χ0n) is 15.3. The quantitative estimate of drug-likeness (QED) is 0.551. The van der Waals surface area contributed by atoms with E-state index in [0.29, 0.717) is 24.7 Å². The first-order valence-electron chi connectivity index (χ1n) is 8.85. The van der Waals surface area contributed by atoms with Gasteiger partial charge < -0.3 is 10.1 Å². The van der Waals surface area contributed by atoms with E-state index in [0.717, 1.165) is 22.0 Å². The Morgan fingerprint density at radius 2 is 1.79 bits per heavy atom. The number of methoxy groups -OCH3 is 1. The minimum atomic E-state index is -0.242. The molecule has 2 heterocycles. The van der Waals surface area contributed by atoms with Crippen LogP contribution in [0.15, 0.2) is 60.8 Å². The second-order valence-corrected chi connectivity index (χ2v) is 6.15. The van der Waals surface area contributed by atoms with Crippen LogP contribution in [0.3, 0.4) is 0 Å². The van der Waals surface area contributed by atoms with E-state index >= 15 is 0 Å². The van der Waals surface area contributed by atoms with Crippen molar-refractivity contribution in [1.82, 2.24) is 19.9 Å². The number of hydrogen-bond donors (Lipinski definition) is 1. The number of anilines is 1. The van der Waals surface area contributed by atoms with Crippen LogP contribution in [0.5, 0.6) is 6.01 Å². The van der Waals surface area contributed by atoms with E-state index in [-0.39, 0.29) is 11.8 Å². The predicted molar refractivity (Wildman–Crippen MR) is 106 cm³/mol. The third kappa shape index (κ3) is 3.88. The number of halogens is 1. The monoisotopic (exact) mass is 375 g/mol. The molecule has 4 rings (SSSR count). The normalized spacial score (nSPS) is 10.8. The molecule has 0 radical (unpaired) electrons. The standard InChI is InChI=1S/C21H18FN5O/c1-28-21-26-19(17-11-13-23-18-5-3-2-4-16(17)18)25-20(27-21)24-12-10-14-6-8-15(22)9-7-14/h2-9,11,13H,10,12H2,1H3,(H,24,25,26,27). The average molecular weight is 375 g/mol. The highest BCUT2D eigenvalue weighted by Gasteiger charge is 2.12. The van der Waals surface area contributed by atoms with Gasteiger partial charge in [-0.25, -0.2) is 4.39 Å². The fourth-order valence-corrected chi connectivity index (χ4v) is 2.91. The molecule has 0 bridgehead atoms. The van der Waals surface area contributed by atoms with Gasteiger partial charge in [-0.1, -0.05) is 30.3 Å². The largest absolute Gasteiger partial charge is 0.467 e. The Hall–Kier alpha value is -3.61. The van der Waals surface area contributed by atoms with Crippen LogP contribution < -0.4 is 10.1 Å². The van der Waals surface area contributed by atoms with Crippen molar-refractivity contribution in [3.63, 3.8) is 0 Å². The summed E-state index contributed by atoms with van der Waals surface area (Å²) in [7, 11) is 1.52. The molecule has 7 heteroatoms. The number of hydrogen-bond acceptors (Lipinski definition) is 6. The SMILES string of the molecule is COc1nc(NCCc2ccc(F)cc2)nc(-c2ccnc3ccccc23)n1. The highest BCUT2D eigenvalue weighted by molar-refractivity contribution is 5.92. The van der Waals surface area contributed by atoms with Gasteiger partial charge >= 0.3 is 6.01 Å². The first-order valence-corrected chi connectivity index (χ1v) is 8.85. The zero-order chi connectivity index (χ0) is 19.3. The summed E-state index contributed by atoms with van der Waals surface area (Å²) in [6, 6.07) is 16.4. The van der Waals surface area contributed by atoms with E-state index in [2.05, 4.69) is 25.3 Å².